The Balaban J connectivity index is 2.35. The highest BCUT2D eigenvalue weighted by molar-refractivity contribution is 5.77. The molecule has 1 aliphatic rings. The highest BCUT2D eigenvalue weighted by Gasteiger charge is 2.43. The molecule has 2 unspecified atom stereocenters. The molecule has 0 aliphatic carbocycles. The van der Waals surface area contributed by atoms with Gasteiger partial charge in [0, 0.05) is 6.61 Å². The van der Waals surface area contributed by atoms with Crippen LogP contribution in [-0.2, 0) is 14.3 Å². The van der Waals surface area contributed by atoms with Gasteiger partial charge in [-0.1, -0.05) is 13.3 Å². The zero-order chi connectivity index (χ0) is 9.84. The summed E-state index contributed by atoms with van der Waals surface area (Å²) in [6, 6.07) is 0. The van der Waals surface area contributed by atoms with Gasteiger partial charge < -0.3 is 9.47 Å². The van der Waals surface area contributed by atoms with Crippen LogP contribution >= 0.6 is 0 Å². The third-order valence-corrected chi connectivity index (χ3v) is 2.09. The largest absolute Gasteiger partial charge is 0.458 e. The van der Waals surface area contributed by atoms with Crippen LogP contribution in [0.15, 0.2) is 0 Å². The lowest BCUT2D eigenvalue weighted by atomic mass is 10.2. The summed E-state index contributed by atoms with van der Waals surface area (Å²) < 4.78 is 23.0. The van der Waals surface area contributed by atoms with Gasteiger partial charge in [0.25, 0.3) is 0 Å². The van der Waals surface area contributed by atoms with Crippen molar-refractivity contribution >= 4 is 5.97 Å². The summed E-state index contributed by atoms with van der Waals surface area (Å²) in [6.45, 7) is 4.16. The summed E-state index contributed by atoms with van der Waals surface area (Å²) in [5.41, 5.74) is 0. The minimum Gasteiger partial charge on any atom is -0.458 e. The van der Waals surface area contributed by atoms with Crippen molar-refractivity contribution < 1.29 is 18.7 Å². The number of hydrogen-bond donors (Lipinski definition) is 0. The fourth-order valence-corrected chi connectivity index (χ4v) is 1.27. The molecule has 0 N–H and O–H groups in total. The first-order valence-corrected chi connectivity index (χ1v) is 4.63. The van der Waals surface area contributed by atoms with E-state index in [9.17, 15) is 9.18 Å². The van der Waals surface area contributed by atoms with Gasteiger partial charge in [0.15, 0.2) is 0 Å². The first kappa shape index (κ1) is 10.4. The van der Waals surface area contributed by atoms with Gasteiger partial charge in [0.05, 0.1) is 0 Å². The molecular formula is C9H15FO3. The number of cyclic esters (lactones) is 1. The minimum absolute atomic E-state index is 0.459. The van der Waals surface area contributed by atoms with Crippen LogP contribution in [0.5, 0.6) is 0 Å². The Hall–Kier alpha value is -0.640. The van der Waals surface area contributed by atoms with Crippen LogP contribution < -0.4 is 0 Å². The van der Waals surface area contributed by atoms with E-state index in [4.69, 9.17) is 4.74 Å². The lowest BCUT2D eigenvalue weighted by molar-refractivity contribution is -0.144. The molecule has 0 saturated carbocycles. The number of esters is 1. The molecule has 0 aromatic heterocycles. The van der Waals surface area contributed by atoms with Crippen molar-refractivity contribution in [3.05, 3.63) is 0 Å². The van der Waals surface area contributed by atoms with Crippen LogP contribution in [0.4, 0.5) is 4.39 Å². The molecule has 0 aromatic carbocycles. The molecular weight excluding hydrogens is 175 g/mol. The molecule has 0 amide bonds. The van der Waals surface area contributed by atoms with Crippen molar-refractivity contribution in [2.24, 2.45) is 0 Å². The monoisotopic (exact) mass is 190 g/mol. The van der Waals surface area contributed by atoms with Crippen molar-refractivity contribution in [2.45, 2.75) is 45.1 Å². The maximum absolute atomic E-state index is 13.1. The van der Waals surface area contributed by atoms with Gasteiger partial charge in [-0.3, -0.25) is 0 Å². The average Bonchev–Trinajstić information content (AvgIpc) is 2.32. The fraction of sp³-hybridized carbons (Fsp3) is 0.889. The summed E-state index contributed by atoms with van der Waals surface area (Å²) in [5, 5.41) is 0. The van der Waals surface area contributed by atoms with Gasteiger partial charge >= 0.3 is 5.97 Å². The minimum atomic E-state index is -1.60. The summed E-state index contributed by atoms with van der Waals surface area (Å²) >= 11 is 0. The van der Waals surface area contributed by atoms with Gasteiger partial charge in [-0.25, -0.2) is 9.18 Å². The number of ether oxygens (including phenoxy) is 2. The number of rotatable bonds is 4. The van der Waals surface area contributed by atoms with Crippen LogP contribution in [0.1, 0.15) is 26.7 Å². The van der Waals surface area contributed by atoms with Gasteiger partial charge in [0.1, 0.15) is 12.2 Å². The zero-order valence-corrected chi connectivity index (χ0v) is 7.96. The molecule has 1 heterocycles. The molecule has 1 fully saturated rings. The first-order chi connectivity index (χ1) is 6.16. The maximum Gasteiger partial charge on any atom is 0.344 e. The Morgan fingerprint density at radius 1 is 1.62 bits per heavy atom. The molecule has 1 aliphatic heterocycles. The predicted molar refractivity (Wildman–Crippen MR) is 45.1 cm³/mol. The maximum atomic E-state index is 13.1. The van der Waals surface area contributed by atoms with Gasteiger partial charge in [-0.15, -0.1) is 0 Å². The molecule has 76 valence electrons. The molecule has 0 bridgehead atoms. The van der Waals surface area contributed by atoms with Crippen LogP contribution in [0.2, 0.25) is 0 Å². The summed E-state index contributed by atoms with van der Waals surface area (Å²) in [4.78, 5) is 10.8. The van der Waals surface area contributed by atoms with Crippen LogP contribution in [0.25, 0.3) is 0 Å². The second-order valence-corrected chi connectivity index (χ2v) is 3.23. The van der Waals surface area contributed by atoms with Crippen molar-refractivity contribution in [3.8, 4) is 0 Å². The number of carbonyl (C=O) groups is 1. The Morgan fingerprint density at radius 2 is 2.31 bits per heavy atom. The second-order valence-electron chi connectivity index (χ2n) is 3.23. The van der Waals surface area contributed by atoms with Crippen molar-refractivity contribution in [2.75, 3.05) is 6.61 Å². The Bertz CT molecular complexity index is 184. The molecule has 3 atom stereocenters. The Labute approximate surface area is 77.2 Å². The molecule has 0 spiro atoms. The summed E-state index contributed by atoms with van der Waals surface area (Å²) in [5.74, 6) is -0.797. The van der Waals surface area contributed by atoms with E-state index in [2.05, 4.69) is 4.74 Å². The zero-order valence-electron chi connectivity index (χ0n) is 7.96. The van der Waals surface area contributed by atoms with E-state index in [1.165, 1.54) is 0 Å². The number of unbranched alkanes of at least 4 members (excludes halogenated alkanes) is 1. The van der Waals surface area contributed by atoms with Gasteiger partial charge in [0.2, 0.25) is 6.17 Å². The van der Waals surface area contributed by atoms with E-state index in [-0.39, 0.29) is 0 Å². The Kier molecular flexibility index (Phi) is 3.66. The Morgan fingerprint density at radius 3 is 2.77 bits per heavy atom. The lowest BCUT2D eigenvalue weighted by Crippen LogP contribution is -2.30. The van der Waals surface area contributed by atoms with Gasteiger partial charge in [-0.2, -0.15) is 0 Å². The third-order valence-electron chi connectivity index (χ3n) is 2.09. The predicted octanol–water partition coefficient (Wildman–Crippen LogP) is 1.46. The van der Waals surface area contributed by atoms with Crippen LogP contribution in [0, 0.1) is 0 Å². The fourth-order valence-electron chi connectivity index (χ4n) is 1.27. The van der Waals surface area contributed by atoms with Gasteiger partial charge in [-0.05, 0) is 13.3 Å². The summed E-state index contributed by atoms with van der Waals surface area (Å²) in [7, 11) is 0. The quantitative estimate of drug-likeness (QED) is 0.497. The van der Waals surface area contributed by atoms with E-state index in [0.717, 1.165) is 12.8 Å². The number of alkyl halides is 1. The average molecular weight is 190 g/mol. The van der Waals surface area contributed by atoms with E-state index in [1.807, 2.05) is 6.92 Å². The highest BCUT2D eigenvalue weighted by Crippen LogP contribution is 2.21. The van der Waals surface area contributed by atoms with Crippen molar-refractivity contribution in [1.82, 2.24) is 0 Å². The second kappa shape index (κ2) is 4.56. The van der Waals surface area contributed by atoms with E-state index in [0.29, 0.717) is 6.61 Å². The molecule has 4 heteroatoms. The molecule has 1 rings (SSSR count). The third kappa shape index (κ3) is 2.40. The lowest BCUT2D eigenvalue weighted by Gasteiger charge is -2.14. The van der Waals surface area contributed by atoms with Crippen molar-refractivity contribution in [1.29, 1.82) is 0 Å². The first-order valence-electron chi connectivity index (χ1n) is 4.63. The summed E-state index contributed by atoms with van der Waals surface area (Å²) in [6.07, 6.45) is -0.901. The molecule has 13 heavy (non-hydrogen) atoms. The van der Waals surface area contributed by atoms with Crippen LogP contribution in [-0.4, -0.2) is 31.0 Å². The molecule has 1 saturated heterocycles. The highest BCUT2D eigenvalue weighted by atomic mass is 19.1. The number of carbonyl (C=O) groups excluding carboxylic acids is 1. The van der Waals surface area contributed by atoms with Crippen molar-refractivity contribution in [3.63, 3.8) is 0 Å². The number of halogens is 1. The van der Waals surface area contributed by atoms with E-state index >= 15 is 0 Å². The molecule has 0 aromatic rings. The number of hydrogen-bond acceptors (Lipinski definition) is 3. The molecule has 0 radical (unpaired) electrons. The van der Waals surface area contributed by atoms with Crippen LogP contribution in [0.3, 0.4) is 0 Å². The van der Waals surface area contributed by atoms with E-state index in [1.54, 1.807) is 6.92 Å². The SMILES string of the molecule is CCCCOC1C(C)OC(=O)[C@@H]1F. The smallest absolute Gasteiger partial charge is 0.344 e. The van der Waals surface area contributed by atoms with E-state index < -0.39 is 24.3 Å². The molecule has 3 nitrogen and oxygen atoms in total. The normalized spacial score (nSPS) is 33.5. The topological polar surface area (TPSA) is 35.5 Å². The standard InChI is InChI=1S/C9H15FO3/c1-3-4-5-12-8-6(2)13-9(11)7(8)10/h6-8H,3-5H2,1-2H3/t6?,7-,8?/m1/s1.